The quantitative estimate of drug-likeness (QED) is 0.283. The number of fused-ring (bicyclic) bond motifs is 1. The van der Waals surface area contributed by atoms with Crippen LogP contribution in [0.2, 0.25) is 0 Å². The van der Waals surface area contributed by atoms with Gasteiger partial charge in [-0.1, -0.05) is 30.3 Å². The number of aromatic nitrogens is 2. The van der Waals surface area contributed by atoms with Gasteiger partial charge in [-0.2, -0.15) is 4.98 Å². The van der Waals surface area contributed by atoms with Crippen LogP contribution in [-0.2, 0) is 9.53 Å². The number of ether oxygens (including phenoxy) is 1. The highest BCUT2D eigenvalue weighted by Crippen LogP contribution is 2.28. The second-order valence-corrected chi connectivity index (χ2v) is 8.54. The van der Waals surface area contributed by atoms with Crippen LogP contribution in [0, 0.1) is 0 Å². The van der Waals surface area contributed by atoms with E-state index in [9.17, 15) is 14.4 Å². The first-order valence-electron chi connectivity index (χ1n) is 11.7. The Labute approximate surface area is 212 Å². The summed E-state index contributed by atoms with van der Waals surface area (Å²) in [5.41, 5.74) is 8.11. The highest BCUT2D eigenvalue weighted by Gasteiger charge is 2.23. The van der Waals surface area contributed by atoms with Gasteiger partial charge in [0.15, 0.2) is 0 Å². The molecule has 0 saturated carbocycles. The van der Waals surface area contributed by atoms with E-state index in [2.05, 4.69) is 25.9 Å². The molecule has 186 valence electrons. The smallest absolute Gasteiger partial charge is 0.307 e. The highest BCUT2D eigenvalue weighted by atomic mass is 16.5. The molecule has 1 aliphatic heterocycles. The van der Waals surface area contributed by atoms with Crippen LogP contribution >= 0.6 is 0 Å². The lowest BCUT2D eigenvalue weighted by atomic mass is 10.1. The molecule has 2 heterocycles. The van der Waals surface area contributed by atoms with Gasteiger partial charge in [0.2, 0.25) is 5.95 Å². The van der Waals surface area contributed by atoms with Crippen LogP contribution in [0.25, 0.3) is 10.9 Å². The molecule has 0 spiro atoms. The molecule has 0 bridgehead atoms. The van der Waals surface area contributed by atoms with Gasteiger partial charge in [0, 0.05) is 29.1 Å². The number of hydrogen-bond donors (Lipinski definition) is 4. The number of anilines is 4. The van der Waals surface area contributed by atoms with Gasteiger partial charge in [0.25, 0.3) is 11.8 Å². The van der Waals surface area contributed by atoms with Crippen LogP contribution in [0.4, 0.5) is 23.1 Å². The van der Waals surface area contributed by atoms with E-state index in [4.69, 9.17) is 10.5 Å². The van der Waals surface area contributed by atoms with Gasteiger partial charge in [-0.3, -0.25) is 14.4 Å². The topological polar surface area (TPSA) is 148 Å². The molecular formula is C27H24N6O4. The van der Waals surface area contributed by atoms with Crippen LogP contribution in [0.15, 0.2) is 72.8 Å². The van der Waals surface area contributed by atoms with E-state index in [0.717, 1.165) is 5.39 Å². The monoisotopic (exact) mass is 496 g/mol. The molecule has 1 atom stereocenters. The molecule has 5 N–H and O–H groups in total. The lowest BCUT2D eigenvalue weighted by Gasteiger charge is -2.22. The average molecular weight is 497 g/mol. The zero-order chi connectivity index (χ0) is 25.8. The third kappa shape index (κ3) is 5.48. The van der Waals surface area contributed by atoms with Crippen molar-refractivity contribution in [2.75, 3.05) is 17.2 Å². The Morgan fingerprint density at radius 3 is 2.59 bits per heavy atom. The van der Waals surface area contributed by atoms with Gasteiger partial charge in [-0.15, -0.1) is 0 Å². The van der Waals surface area contributed by atoms with Crippen molar-refractivity contribution in [2.45, 2.75) is 18.9 Å². The number of carbonyl (C=O) groups excluding carboxylic acids is 3. The summed E-state index contributed by atoms with van der Waals surface area (Å²) in [6.45, 7) is 0.297. The molecule has 10 heteroatoms. The summed E-state index contributed by atoms with van der Waals surface area (Å²) in [4.78, 5) is 45.4. The summed E-state index contributed by atoms with van der Waals surface area (Å²) in [5, 5.41) is 10.0. The Hall–Kier alpha value is -4.99. The molecule has 0 radical (unpaired) electrons. The minimum absolute atomic E-state index is 0.156. The van der Waals surface area contributed by atoms with Gasteiger partial charge >= 0.3 is 5.97 Å². The SMILES string of the molecule is NC(=O)c1ccccc1Nc1nc(Nc2cccc(C(=O)NC3CCOC(=O)C3)c2)nc2ccccc12. The largest absolute Gasteiger partial charge is 0.466 e. The van der Waals surface area contributed by atoms with E-state index >= 15 is 0 Å². The second kappa shape index (κ2) is 10.3. The summed E-state index contributed by atoms with van der Waals surface area (Å²) in [7, 11) is 0. The van der Waals surface area contributed by atoms with Gasteiger partial charge in [0.1, 0.15) is 5.82 Å². The van der Waals surface area contributed by atoms with Crippen LogP contribution in [0.5, 0.6) is 0 Å². The van der Waals surface area contributed by atoms with Gasteiger partial charge in [-0.05, 0) is 42.5 Å². The van der Waals surface area contributed by atoms with Crippen LogP contribution in [-0.4, -0.2) is 40.4 Å². The average Bonchev–Trinajstić information content (AvgIpc) is 2.89. The number of nitrogens with one attached hydrogen (secondary N) is 3. The molecule has 10 nitrogen and oxygen atoms in total. The molecular weight excluding hydrogens is 472 g/mol. The minimum Gasteiger partial charge on any atom is -0.466 e. The molecule has 3 aromatic carbocycles. The third-order valence-corrected chi connectivity index (χ3v) is 5.91. The Morgan fingerprint density at radius 2 is 1.76 bits per heavy atom. The molecule has 0 aliphatic carbocycles. The predicted octanol–water partition coefficient (Wildman–Crippen LogP) is 3.65. The number of hydrogen-bond acceptors (Lipinski definition) is 8. The Bertz CT molecular complexity index is 1510. The first kappa shape index (κ1) is 23.7. The summed E-state index contributed by atoms with van der Waals surface area (Å²) in [6.07, 6.45) is 0.734. The summed E-state index contributed by atoms with van der Waals surface area (Å²) in [5.74, 6) is -0.373. The maximum absolute atomic E-state index is 12.8. The first-order valence-corrected chi connectivity index (χ1v) is 11.7. The van der Waals surface area contributed by atoms with Crippen molar-refractivity contribution in [3.8, 4) is 0 Å². The maximum Gasteiger partial charge on any atom is 0.307 e. The fourth-order valence-electron chi connectivity index (χ4n) is 4.10. The van der Waals surface area contributed by atoms with Gasteiger partial charge in [0.05, 0.1) is 29.8 Å². The van der Waals surface area contributed by atoms with Gasteiger partial charge < -0.3 is 26.4 Å². The van der Waals surface area contributed by atoms with E-state index < -0.39 is 5.91 Å². The number of cyclic esters (lactones) is 1. The van der Waals surface area contributed by atoms with E-state index in [1.54, 1.807) is 48.5 Å². The summed E-state index contributed by atoms with van der Waals surface area (Å²) >= 11 is 0. The molecule has 1 aliphatic rings. The number of para-hydroxylation sites is 2. The van der Waals surface area contributed by atoms with Crippen molar-refractivity contribution < 1.29 is 19.1 Å². The third-order valence-electron chi connectivity index (χ3n) is 5.91. The number of esters is 1. The number of benzene rings is 3. The fourth-order valence-corrected chi connectivity index (χ4v) is 4.10. The van der Waals surface area contributed by atoms with Gasteiger partial charge in [-0.25, -0.2) is 4.98 Å². The fraction of sp³-hybridized carbons (Fsp3) is 0.148. The Kier molecular flexibility index (Phi) is 6.62. The standard InChI is InChI=1S/C27H24N6O4/c28-24(35)19-8-1-3-10-21(19)31-25-20-9-2-4-11-22(20)32-27(33-25)30-17-7-5-6-16(14-17)26(36)29-18-12-13-37-23(34)15-18/h1-11,14,18H,12-13,15H2,(H2,28,35)(H,29,36)(H2,30,31,32,33). The molecule has 37 heavy (non-hydrogen) atoms. The molecule has 5 rings (SSSR count). The zero-order valence-electron chi connectivity index (χ0n) is 19.7. The van der Waals surface area contributed by atoms with Crippen molar-refractivity contribution in [3.05, 3.63) is 83.9 Å². The molecule has 2 amide bonds. The number of amides is 2. The lowest BCUT2D eigenvalue weighted by molar-refractivity contribution is -0.147. The highest BCUT2D eigenvalue weighted by molar-refractivity contribution is 6.01. The zero-order valence-corrected chi connectivity index (χ0v) is 19.7. The lowest BCUT2D eigenvalue weighted by Crippen LogP contribution is -2.40. The Balaban J connectivity index is 1.41. The summed E-state index contributed by atoms with van der Waals surface area (Å²) in [6, 6.07) is 21.0. The van der Waals surface area contributed by atoms with E-state index in [1.165, 1.54) is 0 Å². The number of carbonyl (C=O) groups is 3. The van der Waals surface area contributed by atoms with Crippen molar-refractivity contribution in [1.29, 1.82) is 0 Å². The number of nitrogens with zero attached hydrogens (tertiary/aromatic N) is 2. The molecule has 1 unspecified atom stereocenters. The number of rotatable bonds is 7. The first-order chi connectivity index (χ1) is 18.0. The number of nitrogens with two attached hydrogens (primary N) is 1. The summed E-state index contributed by atoms with van der Waals surface area (Å²) < 4.78 is 4.93. The minimum atomic E-state index is -0.556. The molecule has 1 fully saturated rings. The maximum atomic E-state index is 12.8. The molecule has 1 saturated heterocycles. The van der Waals surface area contributed by atoms with Crippen molar-refractivity contribution in [2.24, 2.45) is 5.73 Å². The predicted molar refractivity (Wildman–Crippen MR) is 139 cm³/mol. The van der Waals surface area contributed by atoms with Crippen LogP contribution in [0.3, 0.4) is 0 Å². The van der Waals surface area contributed by atoms with E-state index in [1.807, 2.05) is 24.3 Å². The van der Waals surface area contributed by atoms with E-state index in [-0.39, 0.29) is 24.3 Å². The van der Waals surface area contributed by atoms with Crippen molar-refractivity contribution >= 4 is 51.8 Å². The molecule has 1 aromatic heterocycles. The van der Waals surface area contributed by atoms with Crippen LogP contribution in [0.1, 0.15) is 33.6 Å². The van der Waals surface area contributed by atoms with Crippen molar-refractivity contribution in [3.63, 3.8) is 0 Å². The number of primary amides is 1. The molecule has 4 aromatic rings. The normalized spacial score (nSPS) is 15.0. The van der Waals surface area contributed by atoms with Crippen LogP contribution < -0.4 is 21.7 Å². The second-order valence-electron chi connectivity index (χ2n) is 8.54. The van der Waals surface area contributed by atoms with E-state index in [0.29, 0.717) is 52.8 Å². The van der Waals surface area contributed by atoms with Crippen molar-refractivity contribution in [1.82, 2.24) is 15.3 Å². The Morgan fingerprint density at radius 1 is 0.946 bits per heavy atom.